The first-order valence-electron chi connectivity index (χ1n) is 7.95. The number of hydrogen-bond acceptors (Lipinski definition) is 6. The normalized spacial score (nSPS) is 17.2. The molecule has 1 aromatic carbocycles. The van der Waals surface area contributed by atoms with Gasteiger partial charge in [-0.15, -0.1) is 10.2 Å². The lowest BCUT2D eigenvalue weighted by molar-refractivity contribution is 0.313. The number of nitrogens with zero attached hydrogens (tertiary/aromatic N) is 5. The largest absolute Gasteiger partial charge is 0.234 e. The Morgan fingerprint density at radius 3 is 2.58 bits per heavy atom. The third-order valence-corrected chi connectivity index (χ3v) is 7.25. The first kappa shape index (κ1) is 18.1. The van der Waals surface area contributed by atoms with Crippen LogP contribution in [0.4, 0.5) is 0 Å². The molecule has 0 radical (unpaired) electrons. The lowest BCUT2D eigenvalue weighted by Crippen LogP contribution is -2.37. The maximum absolute atomic E-state index is 11.7. The minimum atomic E-state index is -3.15. The molecule has 0 amide bonds. The molecule has 2 aromatic heterocycles. The predicted molar refractivity (Wildman–Crippen MR) is 103 cm³/mol. The van der Waals surface area contributed by atoms with Crippen molar-refractivity contribution in [3.05, 3.63) is 34.1 Å². The molecule has 1 fully saturated rings. The summed E-state index contributed by atoms with van der Waals surface area (Å²) < 4.78 is 26.6. The van der Waals surface area contributed by atoms with E-state index in [4.69, 9.17) is 23.2 Å². The van der Waals surface area contributed by atoms with E-state index in [1.807, 2.05) is 6.07 Å². The van der Waals surface area contributed by atoms with Crippen molar-refractivity contribution in [3.8, 4) is 10.6 Å². The molecule has 1 aliphatic rings. The Balaban J connectivity index is 1.63. The van der Waals surface area contributed by atoms with E-state index < -0.39 is 10.0 Å². The number of fused-ring (bicyclic) bond motifs is 1. The molecule has 3 heterocycles. The van der Waals surface area contributed by atoms with Crippen LogP contribution in [-0.2, 0) is 10.0 Å². The van der Waals surface area contributed by atoms with Crippen LogP contribution in [0.1, 0.15) is 24.6 Å². The van der Waals surface area contributed by atoms with Crippen LogP contribution in [-0.4, -0.2) is 51.9 Å². The fourth-order valence-corrected chi connectivity index (χ4v) is 5.42. The van der Waals surface area contributed by atoms with Crippen LogP contribution < -0.4 is 0 Å². The van der Waals surface area contributed by atoms with Crippen LogP contribution in [0.2, 0.25) is 10.0 Å². The Morgan fingerprint density at radius 1 is 1.19 bits per heavy atom. The van der Waals surface area contributed by atoms with E-state index in [2.05, 4.69) is 15.3 Å². The zero-order chi connectivity index (χ0) is 18.5. The monoisotopic (exact) mass is 431 g/mol. The van der Waals surface area contributed by atoms with E-state index in [9.17, 15) is 8.42 Å². The molecule has 0 bridgehead atoms. The average Bonchev–Trinajstić information content (AvgIpc) is 3.14. The van der Waals surface area contributed by atoms with E-state index in [-0.39, 0.29) is 5.92 Å². The molecule has 0 N–H and O–H groups in total. The molecule has 7 nitrogen and oxygen atoms in total. The van der Waals surface area contributed by atoms with Gasteiger partial charge in [0.15, 0.2) is 5.82 Å². The van der Waals surface area contributed by atoms with Gasteiger partial charge in [-0.1, -0.05) is 34.5 Å². The topological polar surface area (TPSA) is 80.5 Å². The predicted octanol–water partition coefficient (Wildman–Crippen LogP) is 3.30. The molecular formula is C15H15Cl2N5O2S2. The van der Waals surface area contributed by atoms with Crippen molar-refractivity contribution >= 4 is 49.5 Å². The lowest BCUT2D eigenvalue weighted by Gasteiger charge is -2.28. The highest BCUT2D eigenvalue weighted by Gasteiger charge is 2.29. The van der Waals surface area contributed by atoms with Crippen molar-refractivity contribution in [1.82, 2.24) is 24.1 Å². The summed E-state index contributed by atoms with van der Waals surface area (Å²) in [5.74, 6) is 0.888. The maximum Gasteiger partial charge on any atom is 0.234 e. The second kappa shape index (κ2) is 6.72. The second-order valence-electron chi connectivity index (χ2n) is 6.22. The summed E-state index contributed by atoms with van der Waals surface area (Å²) in [5, 5.41) is 15.0. The molecule has 0 spiro atoms. The van der Waals surface area contributed by atoms with Gasteiger partial charge < -0.3 is 0 Å². The SMILES string of the molecule is CS(=O)(=O)N1CCC(c2nnc3sc(-c4ccc(Cl)cc4Cl)nn23)CC1. The Bertz CT molecular complexity index is 1070. The number of halogens is 2. The first-order chi connectivity index (χ1) is 12.3. The molecule has 4 rings (SSSR count). The summed E-state index contributed by atoms with van der Waals surface area (Å²) in [7, 11) is -3.15. The van der Waals surface area contributed by atoms with Gasteiger partial charge in [0.1, 0.15) is 5.01 Å². The van der Waals surface area contributed by atoms with Crippen molar-refractivity contribution in [1.29, 1.82) is 0 Å². The van der Waals surface area contributed by atoms with Crippen molar-refractivity contribution < 1.29 is 8.42 Å². The Hall–Kier alpha value is -1.26. The third kappa shape index (κ3) is 3.34. The van der Waals surface area contributed by atoms with E-state index in [1.165, 1.54) is 21.9 Å². The van der Waals surface area contributed by atoms with Gasteiger partial charge in [-0.2, -0.15) is 9.61 Å². The Kier molecular flexibility index (Phi) is 4.68. The highest BCUT2D eigenvalue weighted by Crippen LogP contribution is 2.35. The van der Waals surface area contributed by atoms with Crippen molar-refractivity contribution in [2.75, 3.05) is 19.3 Å². The van der Waals surface area contributed by atoms with Crippen LogP contribution in [0, 0.1) is 0 Å². The summed E-state index contributed by atoms with van der Waals surface area (Å²) in [6, 6.07) is 5.29. The fourth-order valence-electron chi connectivity index (χ4n) is 3.10. The summed E-state index contributed by atoms with van der Waals surface area (Å²) in [6.07, 6.45) is 2.63. The zero-order valence-corrected chi connectivity index (χ0v) is 16.9. The highest BCUT2D eigenvalue weighted by atomic mass is 35.5. The van der Waals surface area contributed by atoms with E-state index >= 15 is 0 Å². The van der Waals surface area contributed by atoms with Gasteiger partial charge in [-0.3, -0.25) is 0 Å². The number of benzene rings is 1. The van der Waals surface area contributed by atoms with Crippen LogP contribution in [0.5, 0.6) is 0 Å². The fraction of sp³-hybridized carbons (Fsp3) is 0.400. The van der Waals surface area contributed by atoms with E-state index in [0.29, 0.717) is 40.9 Å². The number of sulfonamides is 1. The third-order valence-electron chi connectivity index (χ3n) is 4.46. The standard InChI is InChI=1S/C15H15Cl2N5O2S2/c1-26(23,24)21-6-4-9(5-7-21)13-18-19-15-22(13)20-14(25-15)11-3-2-10(16)8-12(11)17/h2-3,8-9H,4-7H2,1H3. The number of rotatable bonds is 3. The molecular weight excluding hydrogens is 417 g/mol. The van der Waals surface area contributed by atoms with E-state index in [1.54, 1.807) is 16.6 Å². The summed E-state index contributed by atoms with van der Waals surface area (Å²) in [6.45, 7) is 0.969. The highest BCUT2D eigenvalue weighted by molar-refractivity contribution is 7.88. The zero-order valence-electron chi connectivity index (χ0n) is 13.8. The molecule has 138 valence electrons. The Morgan fingerprint density at radius 2 is 1.92 bits per heavy atom. The van der Waals surface area contributed by atoms with Crippen LogP contribution >= 0.6 is 34.5 Å². The first-order valence-corrected chi connectivity index (χ1v) is 11.4. The number of hydrogen-bond donors (Lipinski definition) is 0. The lowest BCUT2D eigenvalue weighted by atomic mass is 9.97. The van der Waals surface area contributed by atoms with Crippen molar-refractivity contribution in [2.24, 2.45) is 0 Å². The van der Waals surface area contributed by atoms with Crippen LogP contribution in [0.25, 0.3) is 15.5 Å². The Labute approximate surface area is 164 Å². The molecule has 11 heteroatoms. The molecule has 0 saturated carbocycles. The minimum absolute atomic E-state index is 0.124. The smallest absolute Gasteiger partial charge is 0.213 e. The molecule has 3 aromatic rings. The maximum atomic E-state index is 11.7. The number of aromatic nitrogens is 4. The van der Waals surface area contributed by atoms with Gasteiger partial charge in [-0.25, -0.2) is 12.7 Å². The summed E-state index contributed by atoms with van der Waals surface area (Å²) in [4.78, 5) is 0.687. The minimum Gasteiger partial charge on any atom is -0.213 e. The van der Waals surface area contributed by atoms with E-state index in [0.717, 1.165) is 16.4 Å². The number of piperidine rings is 1. The molecule has 26 heavy (non-hydrogen) atoms. The molecule has 1 aliphatic heterocycles. The molecule has 0 unspecified atom stereocenters. The van der Waals surface area contributed by atoms with Gasteiger partial charge in [-0.05, 0) is 31.0 Å². The molecule has 0 aliphatic carbocycles. The van der Waals surface area contributed by atoms with Gasteiger partial charge >= 0.3 is 0 Å². The quantitative estimate of drug-likeness (QED) is 0.635. The van der Waals surface area contributed by atoms with Crippen molar-refractivity contribution in [3.63, 3.8) is 0 Å². The summed E-state index contributed by atoms with van der Waals surface area (Å²) >= 11 is 13.6. The van der Waals surface area contributed by atoms with Gasteiger partial charge in [0, 0.05) is 29.6 Å². The summed E-state index contributed by atoms with van der Waals surface area (Å²) in [5.41, 5.74) is 0.796. The van der Waals surface area contributed by atoms with Gasteiger partial charge in [0.2, 0.25) is 15.0 Å². The molecule has 1 saturated heterocycles. The van der Waals surface area contributed by atoms with Crippen molar-refractivity contribution in [2.45, 2.75) is 18.8 Å². The average molecular weight is 432 g/mol. The second-order valence-corrected chi connectivity index (χ2v) is 10.0. The molecule has 0 atom stereocenters. The van der Waals surface area contributed by atoms with Crippen LogP contribution in [0.3, 0.4) is 0 Å². The van der Waals surface area contributed by atoms with Crippen LogP contribution in [0.15, 0.2) is 18.2 Å². The van der Waals surface area contributed by atoms with Gasteiger partial charge in [0.05, 0.1) is 11.3 Å². The van der Waals surface area contributed by atoms with Gasteiger partial charge in [0.25, 0.3) is 0 Å².